The Morgan fingerprint density at radius 2 is 1.83 bits per heavy atom. The zero-order valence-corrected chi connectivity index (χ0v) is 17.7. The van der Waals surface area contributed by atoms with Crippen molar-refractivity contribution in [3.8, 4) is 0 Å². The Morgan fingerprint density at radius 1 is 1.17 bits per heavy atom. The number of rotatable bonds is 3. The summed E-state index contributed by atoms with van der Waals surface area (Å²) in [6.45, 7) is 4.78. The van der Waals surface area contributed by atoms with E-state index < -0.39 is 23.6 Å². The number of carbonyl (C=O) groups is 1. The summed E-state index contributed by atoms with van der Waals surface area (Å²) in [5.74, 6) is 0.305. The first kappa shape index (κ1) is 22.2. The molecule has 0 saturated carbocycles. The van der Waals surface area contributed by atoms with Crippen LogP contribution in [0.3, 0.4) is 0 Å². The number of pyridine rings is 1. The minimum absolute atomic E-state index is 0.0388. The lowest BCUT2D eigenvalue weighted by molar-refractivity contribution is -0.141. The Morgan fingerprint density at radius 3 is 2.47 bits per heavy atom. The summed E-state index contributed by atoms with van der Waals surface area (Å²) in [6, 6.07) is 5.18. The van der Waals surface area contributed by atoms with E-state index in [1.54, 1.807) is 32.9 Å². The van der Waals surface area contributed by atoms with Gasteiger partial charge < -0.3 is 9.72 Å². The topological polar surface area (TPSA) is 71.1 Å². The average Bonchev–Trinajstić information content (AvgIpc) is 2.99. The van der Waals surface area contributed by atoms with Crippen LogP contribution in [0, 0.1) is 0 Å². The zero-order chi connectivity index (χ0) is 22.3. The molecule has 0 aliphatic carbocycles. The summed E-state index contributed by atoms with van der Waals surface area (Å²) in [4.78, 5) is 24.5. The molecule has 0 fully saturated rings. The number of alkyl halides is 3. The van der Waals surface area contributed by atoms with Crippen molar-refractivity contribution in [2.45, 2.75) is 39.1 Å². The SMILES string of the molecule is CC(C)(C)OC(=O)N(Cc1nc2cc(Cl)c(Cl)cc2[nH]1)c1ccnc(C(F)(F)F)c1. The highest BCUT2D eigenvalue weighted by atomic mass is 35.5. The summed E-state index contributed by atoms with van der Waals surface area (Å²) in [7, 11) is 0. The number of fused-ring (bicyclic) bond motifs is 1. The lowest BCUT2D eigenvalue weighted by Gasteiger charge is -2.27. The lowest BCUT2D eigenvalue weighted by atomic mass is 10.2. The van der Waals surface area contributed by atoms with Gasteiger partial charge in [0.2, 0.25) is 0 Å². The highest BCUT2D eigenvalue weighted by Crippen LogP contribution is 2.31. The molecule has 0 aliphatic rings. The van der Waals surface area contributed by atoms with E-state index in [0.717, 1.165) is 17.2 Å². The molecule has 3 aromatic rings. The number of amides is 1. The number of anilines is 1. The van der Waals surface area contributed by atoms with Gasteiger partial charge in [-0.15, -0.1) is 0 Å². The Kier molecular flexibility index (Phi) is 5.88. The van der Waals surface area contributed by atoms with E-state index in [2.05, 4.69) is 15.0 Å². The van der Waals surface area contributed by atoms with Gasteiger partial charge in [0.25, 0.3) is 0 Å². The van der Waals surface area contributed by atoms with E-state index in [4.69, 9.17) is 27.9 Å². The largest absolute Gasteiger partial charge is 0.443 e. The third-order valence-electron chi connectivity index (χ3n) is 3.84. The maximum absolute atomic E-state index is 13.1. The molecule has 1 aromatic carbocycles. The quantitative estimate of drug-likeness (QED) is 0.503. The molecule has 1 N–H and O–H groups in total. The second kappa shape index (κ2) is 7.96. The fraction of sp³-hybridized carbons (Fsp3) is 0.316. The Balaban J connectivity index is 2.01. The average molecular weight is 461 g/mol. The third kappa shape index (κ3) is 5.14. The maximum atomic E-state index is 13.1. The summed E-state index contributed by atoms with van der Waals surface area (Å²) in [6.07, 6.45) is -4.52. The van der Waals surface area contributed by atoms with Crippen molar-refractivity contribution in [1.29, 1.82) is 0 Å². The van der Waals surface area contributed by atoms with E-state index in [-0.39, 0.29) is 12.2 Å². The number of nitrogens with zero attached hydrogens (tertiary/aromatic N) is 3. The number of imidazole rings is 1. The van der Waals surface area contributed by atoms with Gasteiger partial charge in [-0.05, 0) is 45.0 Å². The maximum Gasteiger partial charge on any atom is 0.433 e. The van der Waals surface area contributed by atoms with Crippen molar-refractivity contribution in [2.24, 2.45) is 0 Å². The Bertz CT molecular complexity index is 1050. The number of hydrogen-bond acceptors (Lipinski definition) is 4. The number of benzene rings is 1. The second-order valence-corrected chi connectivity index (χ2v) is 8.24. The molecule has 0 unspecified atom stereocenters. The predicted octanol–water partition coefficient (Wildman–Crippen LogP) is 6.23. The van der Waals surface area contributed by atoms with Crippen molar-refractivity contribution in [2.75, 3.05) is 4.90 Å². The van der Waals surface area contributed by atoms with Gasteiger partial charge in [-0.1, -0.05) is 23.2 Å². The molecule has 11 heteroatoms. The fourth-order valence-corrected chi connectivity index (χ4v) is 2.92. The summed E-state index contributed by atoms with van der Waals surface area (Å²) < 4.78 is 44.7. The monoisotopic (exact) mass is 460 g/mol. The number of ether oxygens (including phenoxy) is 1. The van der Waals surface area contributed by atoms with Crippen molar-refractivity contribution >= 4 is 46.0 Å². The smallest absolute Gasteiger partial charge is 0.433 e. The van der Waals surface area contributed by atoms with E-state index in [1.807, 2.05) is 0 Å². The molecule has 0 bridgehead atoms. The molecule has 0 spiro atoms. The second-order valence-electron chi connectivity index (χ2n) is 7.43. The molecule has 1 amide bonds. The minimum Gasteiger partial charge on any atom is -0.443 e. The van der Waals surface area contributed by atoms with Gasteiger partial charge in [-0.25, -0.2) is 9.78 Å². The molecule has 0 saturated heterocycles. The zero-order valence-electron chi connectivity index (χ0n) is 16.1. The molecule has 0 radical (unpaired) electrons. The van der Waals surface area contributed by atoms with Crippen LogP contribution in [0.4, 0.5) is 23.7 Å². The van der Waals surface area contributed by atoms with E-state index >= 15 is 0 Å². The third-order valence-corrected chi connectivity index (χ3v) is 4.56. The van der Waals surface area contributed by atoms with Crippen LogP contribution in [0.15, 0.2) is 30.5 Å². The highest BCUT2D eigenvalue weighted by Gasteiger charge is 2.34. The van der Waals surface area contributed by atoms with Crippen LogP contribution in [-0.4, -0.2) is 26.6 Å². The van der Waals surface area contributed by atoms with Crippen LogP contribution in [0.1, 0.15) is 32.3 Å². The summed E-state index contributed by atoms with van der Waals surface area (Å²) in [5.41, 5.74) is -0.965. The predicted molar refractivity (Wildman–Crippen MR) is 108 cm³/mol. The number of hydrogen-bond donors (Lipinski definition) is 1. The summed E-state index contributed by atoms with van der Waals surface area (Å²) in [5, 5.41) is 0.613. The molecule has 160 valence electrons. The molecule has 30 heavy (non-hydrogen) atoms. The van der Waals surface area contributed by atoms with Crippen molar-refractivity contribution in [3.63, 3.8) is 0 Å². The van der Waals surface area contributed by atoms with Crippen LogP contribution >= 0.6 is 23.2 Å². The van der Waals surface area contributed by atoms with E-state index in [0.29, 0.717) is 26.9 Å². The number of aromatic nitrogens is 3. The van der Waals surface area contributed by atoms with Gasteiger partial charge in [0.15, 0.2) is 0 Å². The molecule has 0 aliphatic heterocycles. The van der Waals surface area contributed by atoms with Crippen LogP contribution in [0.25, 0.3) is 11.0 Å². The van der Waals surface area contributed by atoms with Crippen LogP contribution in [0.5, 0.6) is 0 Å². The molecule has 6 nitrogen and oxygen atoms in total. The van der Waals surface area contributed by atoms with Crippen LogP contribution < -0.4 is 4.90 Å². The van der Waals surface area contributed by atoms with Crippen molar-refractivity contribution < 1.29 is 22.7 Å². The molecule has 0 atom stereocenters. The molecule has 3 rings (SSSR count). The van der Waals surface area contributed by atoms with Crippen LogP contribution in [-0.2, 0) is 17.5 Å². The van der Waals surface area contributed by atoms with Crippen molar-refractivity contribution in [1.82, 2.24) is 15.0 Å². The minimum atomic E-state index is -4.66. The number of halogens is 5. The Hall–Kier alpha value is -2.52. The van der Waals surface area contributed by atoms with Crippen molar-refractivity contribution in [3.05, 3.63) is 52.0 Å². The molecular formula is C19H17Cl2F3N4O2. The van der Waals surface area contributed by atoms with Gasteiger partial charge in [0, 0.05) is 6.20 Å². The molecule has 2 aromatic heterocycles. The highest BCUT2D eigenvalue weighted by molar-refractivity contribution is 6.42. The number of aromatic amines is 1. The van der Waals surface area contributed by atoms with Gasteiger partial charge in [0.05, 0.1) is 33.3 Å². The van der Waals surface area contributed by atoms with Gasteiger partial charge in [-0.3, -0.25) is 9.88 Å². The van der Waals surface area contributed by atoms with Gasteiger partial charge in [-0.2, -0.15) is 13.2 Å². The first-order valence-electron chi connectivity index (χ1n) is 8.71. The normalized spacial score (nSPS) is 12.3. The lowest BCUT2D eigenvalue weighted by Crippen LogP contribution is -2.37. The number of carbonyl (C=O) groups excluding carboxylic acids is 1. The van der Waals surface area contributed by atoms with E-state index in [1.165, 1.54) is 6.07 Å². The van der Waals surface area contributed by atoms with Gasteiger partial charge in [0.1, 0.15) is 17.1 Å². The standard InChI is InChI=1S/C19H17Cl2F3N4O2/c1-18(2,3)30-17(29)28(10-4-5-25-15(6-10)19(22,23)24)9-16-26-13-7-11(20)12(21)8-14(13)27-16/h4-8H,9H2,1-3H3,(H,26,27). The first-order valence-corrected chi connectivity index (χ1v) is 9.46. The van der Waals surface area contributed by atoms with Gasteiger partial charge >= 0.3 is 12.3 Å². The van der Waals surface area contributed by atoms with E-state index in [9.17, 15) is 18.0 Å². The number of H-pyrrole nitrogens is 1. The van der Waals surface area contributed by atoms with Crippen LogP contribution in [0.2, 0.25) is 10.0 Å². The number of nitrogens with one attached hydrogen (secondary N) is 1. The molecule has 2 heterocycles. The Labute approximate surface area is 180 Å². The first-order chi connectivity index (χ1) is 13.8. The molecular weight excluding hydrogens is 444 g/mol. The summed E-state index contributed by atoms with van der Waals surface area (Å²) >= 11 is 12.0. The fourth-order valence-electron chi connectivity index (χ4n) is 2.60.